The zero-order chi connectivity index (χ0) is 12.4. The number of hydrogen-bond acceptors (Lipinski definition) is 4. The molecule has 94 valence electrons. The minimum atomic E-state index is -0.163. The molecule has 0 radical (unpaired) electrons. The Hall–Kier alpha value is -1.40. The minimum absolute atomic E-state index is 0.0775. The molecular weight excluding hydrogens is 220 g/mol. The summed E-state index contributed by atoms with van der Waals surface area (Å²) >= 11 is 0. The van der Waals surface area contributed by atoms with Crippen LogP contribution >= 0.6 is 0 Å². The van der Waals surface area contributed by atoms with E-state index in [1.54, 1.807) is 22.9 Å². The van der Waals surface area contributed by atoms with Crippen LogP contribution in [-0.2, 0) is 16.6 Å². The van der Waals surface area contributed by atoms with Gasteiger partial charge in [-0.15, -0.1) is 0 Å². The predicted molar refractivity (Wildman–Crippen MR) is 62.1 cm³/mol. The van der Waals surface area contributed by atoms with E-state index < -0.39 is 0 Å². The molecule has 0 aliphatic carbocycles. The predicted octanol–water partition coefficient (Wildman–Crippen LogP) is -0.333. The molecule has 1 aliphatic rings. The number of aromatic nitrogens is 2. The number of rotatable bonds is 4. The molecule has 0 spiro atoms. The van der Waals surface area contributed by atoms with E-state index >= 15 is 0 Å². The van der Waals surface area contributed by atoms with Crippen molar-refractivity contribution in [3.8, 4) is 0 Å². The molecular formula is C11H18N4O2. The molecule has 1 aromatic heterocycles. The molecule has 2 unspecified atom stereocenters. The number of methoxy groups -OCH3 is 1. The highest BCUT2D eigenvalue weighted by Crippen LogP contribution is 2.31. The summed E-state index contributed by atoms with van der Waals surface area (Å²) < 4.78 is 6.74. The number of likely N-dealkylation sites (tertiary alicyclic amines) is 1. The number of carbonyl (C=O) groups is 1. The van der Waals surface area contributed by atoms with E-state index in [0.29, 0.717) is 19.6 Å². The number of nitrogens with two attached hydrogens (primary N) is 1. The quantitative estimate of drug-likeness (QED) is 0.779. The highest BCUT2D eigenvalue weighted by Gasteiger charge is 2.38. The first kappa shape index (κ1) is 12.1. The van der Waals surface area contributed by atoms with Gasteiger partial charge in [0, 0.05) is 44.9 Å². The van der Waals surface area contributed by atoms with E-state index in [1.807, 2.05) is 13.2 Å². The fourth-order valence-electron chi connectivity index (χ4n) is 2.29. The van der Waals surface area contributed by atoms with Crippen molar-refractivity contribution < 1.29 is 9.53 Å². The molecule has 1 amide bonds. The van der Waals surface area contributed by atoms with E-state index in [4.69, 9.17) is 10.5 Å². The molecule has 0 aromatic carbocycles. The van der Waals surface area contributed by atoms with E-state index in [1.165, 1.54) is 0 Å². The first-order chi connectivity index (χ1) is 8.13. The Morgan fingerprint density at radius 1 is 1.65 bits per heavy atom. The molecule has 0 saturated carbocycles. The number of aryl methyl sites for hydroxylation is 1. The molecule has 2 atom stereocenters. The van der Waals surface area contributed by atoms with Crippen LogP contribution in [-0.4, -0.2) is 46.9 Å². The lowest BCUT2D eigenvalue weighted by Gasteiger charge is -2.25. The van der Waals surface area contributed by atoms with E-state index in [-0.39, 0.29) is 18.0 Å². The summed E-state index contributed by atoms with van der Waals surface area (Å²) in [5.41, 5.74) is 7.02. The second-order valence-electron chi connectivity index (χ2n) is 4.34. The number of ether oxygens (including phenoxy) is 1. The van der Waals surface area contributed by atoms with Gasteiger partial charge in [0.15, 0.2) is 0 Å². The number of carbonyl (C=O) groups excluding carboxylic acids is 1. The molecule has 1 aliphatic heterocycles. The fourth-order valence-corrected chi connectivity index (χ4v) is 2.29. The van der Waals surface area contributed by atoms with Crippen molar-refractivity contribution in [3.63, 3.8) is 0 Å². The summed E-state index contributed by atoms with van der Waals surface area (Å²) in [6.07, 6.45) is 4.06. The lowest BCUT2D eigenvalue weighted by Crippen LogP contribution is -2.35. The minimum Gasteiger partial charge on any atom is -0.383 e. The maximum atomic E-state index is 11.8. The molecule has 17 heavy (non-hydrogen) atoms. The Labute approximate surface area is 100 Å². The van der Waals surface area contributed by atoms with Crippen molar-refractivity contribution in [1.29, 1.82) is 0 Å². The summed E-state index contributed by atoms with van der Waals surface area (Å²) in [5, 5.41) is 4.13. The van der Waals surface area contributed by atoms with Crippen LogP contribution in [0.2, 0.25) is 0 Å². The Morgan fingerprint density at radius 2 is 2.41 bits per heavy atom. The third-order valence-electron chi connectivity index (χ3n) is 3.07. The molecule has 6 nitrogen and oxygen atoms in total. The van der Waals surface area contributed by atoms with Crippen molar-refractivity contribution >= 4 is 5.91 Å². The first-order valence-electron chi connectivity index (χ1n) is 5.66. The zero-order valence-corrected chi connectivity index (χ0v) is 10.2. The first-order valence-corrected chi connectivity index (χ1v) is 5.66. The topological polar surface area (TPSA) is 73.4 Å². The van der Waals surface area contributed by atoms with E-state index in [9.17, 15) is 4.79 Å². The van der Waals surface area contributed by atoms with Gasteiger partial charge in [-0.2, -0.15) is 5.10 Å². The van der Waals surface area contributed by atoms with Gasteiger partial charge in [-0.1, -0.05) is 0 Å². The van der Waals surface area contributed by atoms with Crippen LogP contribution in [0.25, 0.3) is 0 Å². The lowest BCUT2D eigenvalue weighted by atomic mass is 10.0. The van der Waals surface area contributed by atoms with Crippen LogP contribution in [0, 0.1) is 0 Å². The van der Waals surface area contributed by atoms with Crippen LogP contribution in [0.5, 0.6) is 0 Å². The molecule has 2 rings (SSSR count). The number of nitrogens with zero attached hydrogens (tertiary/aromatic N) is 3. The summed E-state index contributed by atoms with van der Waals surface area (Å²) in [5.74, 6) is 0.0865. The summed E-state index contributed by atoms with van der Waals surface area (Å²) in [4.78, 5) is 13.6. The molecule has 0 bridgehead atoms. The molecule has 2 heterocycles. The van der Waals surface area contributed by atoms with Gasteiger partial charge in [-0.3, -0.25) is 9.48 Å². The van der Waals surface area contributed by atoms with Crippen molar-refractivity contribution in [2.24, 2.45) is 12.8 Å². The Bertz CT molecular complexity index is 404. The third-order valence-corrected chi connectivity index (χ3v) is 3.07. The summed E-state index contributed by atoms with van der Waals surface area (Å²) in [6.45, 7) is 1.10. The van der Waals surface area contributed by atoms with Crippen LogP contribution in [0.4, 0.5) is 0 Å². The maximum Gasteiger partial charge on any atom is 0.224 e. The number of hydrogen-bond donors (Lipinski definition) is 1. The normalized spacial score (nSPS) is 24.6. The van der Waals surface area contributed by atoms with Gasteiger partial charge < -0.3 is 15.4 Å². The largest absolute Gasteiger partial charge is 0.383 e. The lowest BCUT2D eigenvalue weighted by molar-refractivity contribution is -0.129. The zero-order valence-electron chi connectivity index (χ0n) is 10.2. The van der Waals surface area contributed by atoms with Gasteiger partial charge in [0.05, 0.1) is 18.8 Å². The molecule has 2 N–H and O–H groups in total. The van der Waals surface area contributed by atoms with Gasteiger partial charge in [0.25, 0.3) is 0 Å². The maximum absolute atomic E-state index is 11.8. The second kappa shape index (κ2) is 4.85. The molecule has 6 heteroatoms. The Balaban J connectivity index is 2.19. The molecule has 1 fully saturated rings. The van der Waals surface area contributed by atoms with Gasteiger partial charge in [0.2, 0.25) is 5.91 Å². The monoisotopic (exact) mass is 238 g/mol. The van der Waals surface area contributed by atoms with Crippen LogP contribution < -0.4 is 5.73 Å². The fraction of sp³-hybridized carbons (Fsp3) is 0.636. The van der Waals surface area contributed by atoms with Crippen LogP contribution in [0.1, 0.15) is 18.0 Å². The van der Waals surface area contributed by atoms with Gasteiger partial charge in [-0.05, 0) is 0 Å². The Kier molecular flexibility index (Phi) is 3.44. The van der Waals surface area contributed by atoms with Gasteiger partial charge in [0.1, 0.15) is 0 Å². The average Bonchev–Trinajstić information content (AvgIpc) is 2.80. The van der Waals surface area contributed by atoms with Gasteiger partial charge >= 0.3 is 0 Å². The SMILES string of the molecule is COCCN1C(=O)CC(N)C1c1cnn(C)c1. The summed E-state index contributed by atoms with van der Waals surface area (Å²) in [6, 6.07) is -0.241. The average molecular weight is 238 g/mol. The van der Waals surface area contributed by atoms with Crippen LogP contribution in [0.15, 0.2) is 12.4 Å². The van der Waals surface area contributed by atoms with Crippen molar-refractivity contribution in [3.05, 3.63) is 18.0 Å². The van der Waals surface area contributed by atoms with Crippen molar-refractivity contribution in [1.82, 2.24) is 14.7 Å². The Morgan fingerprint density at radius 3 is 3.00 bits per heavy atom. The highest BCUT2D eigenvalue weighted by atomic mass is 16.5. The molecule has 1 saturated heterocycles. The smallest absolute Gasteiger partial charge is 0.224 e. The standard InChI is InChI=1S/C11H18N4O2/c1-14-7-8(6-13-14)11-9(12)5-10(16)15(11)3-4-17-2/h6-7,9,11H,3-5,12H2,1-2H3. The van der Waals surface area contributed by atoms with Gasteiger partial charge in [-0.25, -0.2) is 0 Å². The van der Waals surface area contributed by atoms with Crippen molar-refractivity contribution in [2.45, 2.75) is 18.5 Å². The van der Waals surface area contributed by atoms with Crippen LogP contribution in [0.3, 0.4) is 0 Å². The van der Waals surface area contributed by atoms with E-state index in [2.05, 4.69) is 5.10 Å². The second-order valence-corrected chi connectivity index (χ2v) is 4.34. The highest BCUT2D eigenvalue weighted by molar-refractivity contribution is 5.80. The third kappa shape index (κ3) is 2.32. The molecule has 1 aromatic rings. The van der Waals surface area contributed by atoms with Crippen molar-refractivity contribution in [2.75, 3.05) is 20.3 Å². The summed E-state index contributed by atoms with van der Waals surface area (Å²) in [7, 11) is 3.48. The van der Waals surface area contributed by atoms with E-state index in [0.717, 1.165) is 5.56 Å². The number of amides is 1.